The van der Waals surface area contributed by atoms with Gasteiger partial charge in [0.1, 0.15) is 6.42 Å². The third-order valence-electron chi connectivity index (χ3n) is 2.61. The van der Waals surface area contributed by atoms with Gasteiger partial charge in [-0.25, -0.2) is 0 Å². The number of carbonyl (C=O) groups excluding carboxylic acids is 1. The minimum atomic E-state index is -0.469. The van der Waals surface area contributed by atoms with Gasteiger partial charge in [-0.3, -0.25) is 14.9 Å². The van der Waals surface area contributed by atoms with Crippen LogP contribution in [0, 0.1) is 21.4 Å². The lowest BCUT2D eigenvalue weighted by Gasteiger charge is -2.07. The van der Waals surface area contributed by atoms with Crippen molar-refractivity contribution in [1.29, 1.82) is 5.26 Å². The molecule has 0 spiro atoms. The van der Waals surface area contributed by atoms with E-state index in [2.05, 4.69) is 5.32 Å². The molecule has 0 unspecified atom stereocenters. The number of non-ortho nitro benzene ring substituents is 1. The van der Waals surface area contributed by atoms with Gasteiger partial charge in [0, 0.05) is 17.1 Å². The Labute approximate surface area is 108 Å². The fourth-order valence-electron chi connectivity index (χ4n) is 1.82. The molecule has 2 aromatic rings. The van der Waals surface area contributed by atoms with Crippen molar-refractivity contribution in [3.05, 3.63) is 46.5 Å². The van der Waals surface area contributed by atoms with E-state index in [9.17, 15) is 14.9 Å². The fourth-order valence-corrected chi connectivity index (χ4v) is 1.82. The molecule has 1 amide bonds. The highest BCUT2D eigenvalue weighted by atomic mass is 16.6. The van der Waals surface area contributed by atoms with Crippen molar-refractivity contribution in [3.63, 3.8) is 0 Å². The number of amides is 1. The Balaban J connectivity index is 2.53. The molecule has 0 atom stereocenters. The van der Waals surface area contributed by atoms with Crippen molar-refractivity contribution < 1.29 is 9.72 Å². The summed E-state index contributed by atoms with van der Waals surface area (Å²) in [5.41, 5.74) is 0.440. The van der Waals surface area contributed by atoms with E-state index in [0.717, 1.165) is 0 Å². The molecule has 0 saturated carbocycles. The normalized spacial score (nSPS) is 9.84. The first-order valence-electron chi connectivity index (χ1n) is 5.46. The number of nitrogens with one attached hydrogen (secondary N) is 1. The summed E-state index contributed by atoms with van der Waals surface area (Å²) in [7, 11) is 0. The largest absolute Gasteiger partial charge is 0.325 e. The molecule has 0 fully saturated rings. The first-order valence-corrected chi connectivity index (χ1v) is 5.46. The predicted molar refractivity (Wildman–Crippen MR) is 69.5 cm³/mol. The molecule has 6 nitrogen and oxygen atoms in total. The highest BCUT2D eigenvalue weighted by Crippen LogP contribution is 2.31. The van der Waals surface area contributed by atoms with Gasteiger partial charge in [0.2, 0.25) is 5.91 Å². The number of nitrogens with zero attached hydrogens (tertiary/aromatic N) is 2. The molecule has 6 heteroatoms. The minimum absolute atomic E-state index is 0.0196. The third kappa shape index (κ3) is 2.50. The van der Waals surface area contributed by atoms with E-state index in [1.54, 1.807) is 30.3 Å². The van der Waals surface area contributed by atoms with Crippen molar-refractivity contribution in [3.8, 4) is 6.07 Å². The van der Waals surface area contributed by atoms with Crippen molar-refractivity contribution in [2.24, 2.45) is 0 Å². The number of fused-ring (bicyclic) bond motifs is 1. The van der Waals surface area contributed by atoms with Crippen LogP contribution in [-0.4, -0.2) is 10.8 Å². The Bertz CT molecular complexity index is 704. The van der Waals surface area contributed by atoms with Crippen molar-refractivity contribution in [2.45, 2.75) is 6.42 Å². The van der Waals surface area contributed by atoms with Crippen LogP contribution in [0.1, 0.15) is 6.42 Å². The number of carbonyl (C=O) groups is 1. The van der Waals surface area contributed by atoms with Gasteiger partial charge in [-0.05, 0) is 12.1 Å². The molecule has 0 aliphatic heterocycles. The van der Waals surface area contributed by atoms with Crippen LogP contribution in [0.5, 0.6) is 0 Å². The third-order valence-corrected chi connectivity index (χ3v) is 2.61. The summed E-state index contributed by atoms with van der Waals surface area (Å²) in [6.45, 7) is 0. The molecule has 0 aliphatic carbocycles. The standard InChI is InChI=1S/C13H9N3O3/c14-8-7-13(17)15-11-5-6-12(16(18)19)10-4-2-1-3-9(10)11/h1-6H,7H2,(H,15,17). The van der Waals surface area contributed by atoms with Crippen molar-refractivity contribution in [1.82, 2.24) is 0 Å². The minimum Gasteiger partial charge on any atom is -0.325 e. The van der Waals surface area contributed by atoms with Gasteiger partial charge in [-0.1, -0.05) is 18.2 Å². The maximum absolute atomic E-state index is 11.4. The molecule has 2 rings (SSSR count). The van der Waals surface area contributed by atoms with E-state index in [4.69, 9.17) is 5.26 Å². The number of anilines is 1. The number of nitro groups is 1. The summed E-state index contributed by atoms with van der Waals surface area (Å²) >= 11 is 0. The molecular formula is C13H9N3O3. The zero-order valence-electron chi connectivity index (χ0n) is 9.79. The Morgan fingerprint density at radius 2 is 1.95 bits per heavy atom. The zero-order chi connectivity index (χ0) is 13.8. The quantitative estimate of drug-likeness (QED) is 0.673. The predicted octanol–water partition coefficient (Wildman–Crippen LogP) is 2.60. The average Bonchev–Trinajstić information content (AvgIpc) is 2.39. The van der Waals surface area contributed by atoms with E-state index < -0.39 is 10.8 Å². The van der Waals surface area contributed by atoms with E-state index in [1.165, 1.54) is 12.1 Å². The monoisotopic (exact) mass is 255 g/mol. The molecule has 0 saturated heterocycles. The van der Waals surface area contributed by atoms with Crippen LogP contribution in [0.15, 0.2) is 36.4 Å². The van der Waals surface area contributed by atoms with E-state index in [0.29, 0.717) is 16.5 Å². The number of nitro benzene ring substituents is 1. The summed E-state index contributed by atoms with van der Waals surface area (Å²) < 4.78 is 0. The van der Waals surface area contributed by atoms with Crippen molar-refractivity contribution >= 4 is 28.1 Å². The Morgan fingerprint density at radius 3 is 2.58 bits per heavy atom. The maximum Gasteiger partial charge on any atom is 0.277 e. The van der Waals surface area contributed by atoms with E-state index in [1.807, 2.05) is 0 Å². The second kappa shape index (κ2) is 5.14. The lowest BCUT2D eigenvalue weighted by atomic mass is 10.1. The van der Waals surface area contributed by atoms with Gasteiger partial charge in [0.15, 0.2) is 0 Å². The van der Waals surface area contributed by atoms with Crippen LogP contribution in [0.4, 0.5) is 11.4 Å². The Kier molecular flexibility index (Phi) is 3.39. The van der Waals surface area contributed by atoms with Crippen LogP contribution < -0.4 is 5.32 Å². The topological polar surface area (TPSA) is 96.0 Å². The first kappa shape index (κ1) is 12.5. The number of hydrogen-bond acceptors (Lipinski definition) is 4. The van der Waals surface area contributed by atoms with E-state index in [-0.39, 0.29) is 12.1 Å². The number of rotatable bonds is 3. The summed E-state index contributed by atoms with van der Waals surface area (Å²) in [6.07, 6.45) is -0.259. The van der Waals surface area contributed by atoms with Gasteiger partial charge in [0.25, 0.3) is 5.69 Å². The maximum atomic E-state index is 11.4. The van der Waals surface area contributed by atoms with Crippen LogP contribution in [0.25, 0.3) is 10.8 Å². The summed E-state index contributed by atoms with van der Waals surface area (Å²) in [5, 5.41) is 23.0. The van der Waals surface area contributed by atoms with Crippen LogP contribution in [0.3, 0.4) is 0 Å². The smallest absolute Gasteiger partial charge is 0.277 e. The molecule has 0 radical (unpaired) electrons. The SMILES string of the molecule is N#CCC(=O)Nc1ccc([N+](=O)[O-])c2ccccc12. The van der Waals surface area contributed by atoms with Crippen LogP contribution >= 0.6 is 0 Å². The Morgan fingerprint density at radius 1 is 1.26 bits per heavy atom. The molecule has 19 heavy (non-hydrogen) atoms. The molecule has 0 heterocycles. The molecule has 0 aliphatic rings. The summed E-state index contributed by atoms with van der Waals surface area (Å²) in [4.78, 5) is 21.9. The summed E-state index contributed by atoms with van der Waals surface area (Å²) in [5.74, 6) is -0.443. The first-order chi connectivity index (χ1) is 9.13. The van der Waals surface area contributed by atoms with Gasteiger partial charge >= 0.3 is 0 Å². The average molecular weight is 255 g/mol. The highest BCUT2D eigenvalue weighted by molar-refractivity contribution is 6.05. The van der Waals surface area contributed by atoms with Gasteiger partial charge < -0.3 is 5.32 Å². The number of benzene rings is 2. The second-order valence-electron chi connectivity index (χ2n) is 3.82. The second-order valence-corrected chi connectivity index (χ2v) is 3.82. The van der Waals surface area contributed by atoms with E-state index >= 15 is 0 Å². The summed E-state index contributed by atoms with van der Waals surface area (Å²) in [6, 6.07) is 11.3. The molecule has 0 bridgehead atoms. The highest BCUT2D eigenvalue weighted by Gasteiger charge is 2.14. The van der Waals surface area contributed by atoms with Gasteiger partial charge in [-0.2, -0.15) is 5.26 Å². The molecule has 2 aromatic carbocycles. The molecule has 94 valence electrons. The van der Waals surface area contributed by atoms with Crippen molar-refractivity contribution in [2.75, 3.05) is 5.32 Å². The van der Waals surface area contributed by atoms with Crippen LogP contribution in [-0.2, 0) is 4.79 Å². The zero-order valence-corrected chi connectivity index (χ0v) is 9.79. The lowest BCUT2D eigenvalue weighted by Crippen LogP contribution is -2.10. The Hall–Kier alpha value is -2.94. The molecule has 0 aromatic heterocycles. The molecular weight excluding hydrogens is 246 g/mol. The number of nitriles is 1. The lowest BCUT2D eigenvalue weighted by molar-refractivity contribution is -0.383. The van der Waals surface area contributed by atoms with Gasteiger partial charge in [-0.15, -0.1) is 0 Å². The molecule has 1 N–H and O–H groups in total. The van der Waals surface area contributed by atoms with Gasteiger partial charge in [0.05, 0.1) is 16.4 Å². The fraction of sp³-hybridized carbons (Fsp3) is 0.0769. The van der Waals surface area contributed by atoms with Crippen LogP contribution in [0.2, 0.25) is 0 Å². The number of hydrogen-bond donors (Lipinski definition) is 1.